The number of nitrogens with one attached hydrogen (secondary N) is 1. The van der Waals surface area contributed by atoms with Gasteiger partial charge in [0.15, 0.2) is 0 Å². The molecule has 0 saturated carbocycles. The normalized spacial score (nSPS) is 21.4. The van der Waals surface area contributed by atoms with E-state index in [0.717, 1.165) is 17.0 Å². The summed E-state index contributed by atoms with van der Waals surface area (Å²) in [5.74, 6) is -0.849. The highest BCUT2D eigenvalue weighted by molar-refractivity contribution is 5.79. The number of nitrogens with zero attached hydrogens (tertiary/aromatic N) is 2. The number of likely N-dealkylation sites (tertiary alicyclic amines) is 1. The third kappa shape index (κ3) is 3.51. The SMILES string of the molecule is Cc1cc(CNC(=O)N2CCC(C)(C(=O)O)C2)cc(C)n1. The predicted octanol–water partition coefficient (Wildman–Crippen LogP) is 1.70. The van der Waals surface area contributed by atoms with Gasteiger partial charge in [-0.3, -0.25) is 9.78 Å². The molecule has 1 aromatic heterocycles. The maximum atomic E-state index is 12.1. The number of hydrogen-bond acceptors (Lipinski definition) is 3. The van der Waals surface area contributed by atoms with Crippen LogP contribution < -0.4 is 5.32 Å². The molecule has 114 valence electrons. The van der Waals surface area contributed by atoms with Gasteiger partial charge in [-0.2, -0.15) is 0 Å². The Balaban J connectivity index is 1.92. The smallest absolute Gasteiger partial charge is 0.317 e. The second-order valence-electron chi connectivity index (χ2n) is 5.95. The number of aryl methyl sites for hydroxylation is 2. The lowest BCUT2D eigenvalue weighted by atomic mass is 9.90. The summed E-state index contributed by atoms with van der Waals surface area (Å²) in [6.07, 6.45) is 0.489. The summed E-state index contributed by atoms with van der Waals surface area (Å²) in [5, 5.41) is 12.0. The van der Waals surface area contributed by atoms with Crippen LogP contribution in [0.5, 0.6) is 0 Å². The fraction of sp³-hybridized carbons (Fsp3) is 0.533. The summed E-state index contributed by atoms with van der Waals surface area (Å²) < 4.78 is 0. The molecule has 6 heteroatoms. The first-order chi connectivity index (χ1) is 9.80. The van der Waals surface area contributed by atoms with Crippen LogP contribution in [0.1, 0.15) is 30.3 Å². The summed E-state index contributed by atoms with van der Waals surface area (Å²) in [7, 11) is 0. The molecule has 6 nitrogen and oxygen atoms in total. The van der Waals surface area contributed by atoms with Crippen molar-refractivity contribution < 1.29 is 14.7 Å². The molecule has 1 aromatic rings. The van der Waals surface area contributed by atoms with E-state index in [4.69, 9.17) is 0 Å². The highest BCUT2D eigenvalue weighted by atomic mass is 16.4. The predicted molar refractivity (Wildman–Crippen MR) is 77.9 cm³/mol. The first-order valence-corrected chi connectivity index (χ1v) is 7.00. The van der Waals surface area contributed by atoms with E-state index in [1.54, 1.807) is 11.8 Å². The number of carbonyl (C=O) groups excluding carboxylic acids is 1. The molecule has 0 bridgehead atoms. The minimum Gasteiger partial charge on any atom is -0.481 e. The molecule has 1 unspecified atom stereocenters. The quantitative estimate of drug-likeness (QED) is 0.888. The summed E-state index contributed by atoms with van der Waals surface area (Å²) in [6.45, 7) is 6.65. The Bertz CT molecular complexity index is 553. The van der Waals surface area contributed by atoms with Crippen LogP contribution in [0.3, 0.4) is 0 Å². The molecule has 1 aliphatic heterocycles. The van der Waals surface area contributed by atoms with Crippen LogP contribution in [0.25, 0.3) is 0 Å². The number of aliphatic carboxylic acids is 1. The minimum atomic E-state index is -0.849. The monoisotopic (exact) mass is 291 g/mol. The van der Waals surface area contributed by atoms with Gasteiger partial charge in [-0.1, -0.05) is 0 Å². The summed E-state index contributed by atoms with van der Waals surface area (Å²) in [6, 6.07) is 3.64. The van der Waals surface area contributed by atoms with Crippen LogP contribution in [-0.2, 0) is 11.3 Å². The Kier molecular flexibility index (Phi) is 4.16. The Labute approximate surface area is 124 Å². The van der Waals surface area contributed by atoms with Crippen LogP contribution in [0.15, 0.2) is 12.1 Å². The number of aromatic nitrogens is 1. The van der Waals surface area contributed by atoms with Gasteiger partial charge in [-0.15, -0.1) is 0 Å². The Hall–Kier alpha value is -2.11. The molecule has 1 atom stereocenters. The van der Waals surface area contributed by atoms with Gasteiger partial charge in [0.2, 0.25) is 0 Å². The molecule has 0 radical (unpaired) electrons. The number of pyridine rings is 1. The van der Waals surface area contributed by atoms with E-state index < -0.39 is 11.4 Å². The minimum absolute atomic E-state index is 0.216. The second kappa shape index (κ2) is 5.71. The van der Waals surface area contributed by atoms with Crippen molar-refractivity contribution in [2.75, 3.05) is 13.1 Å². The van der Waals surface area contributed by atoms with Crippen LogP contribution in [0, 0.1) is 19.3 Å². The Morgan fingerprint density at radius 1 is 1.38 bits per heavy atom. The lowest BCUT2D eigenvalue weighted by molar-refractivity contribution is -0.146. The van der Waals surface area contributed by atoms with Crippen molar-refractivity contribution in [2.24, 2.45) is 5.41 Å². The number of urea groups is 1. The van der Waals surface area contributed by atoms with E-state index in [-0.39, 0.29) is 12.6 Å². The van der Waals surface area contributed by atoms with Gasteiger partial charge in [-0.25, -0.2) is 4.79 Å². The second-order valence-corrected chi connectivity index (χ2v) is 5.95. The van der Waals surface area contributed by atoms with Gasteiger partial charge < -0.3 is 15.3 Å². The fourth-order valence-corrected chi connectivity index (χ4v) is 2.62. The van der Waals surface area contributed by atoms with Crippen LogP contribution in [0.4, 0.5) is 4.79 Å². The van der Waals surface area contributed by atoms with Crippen molar-refractivity contribution in [1.29, 1.82) is 0 Å². The number of rotatable bonds is 3. The Morgan fingerprint density at radius 3 is 2.52 bits per heavy atom. The van der Waals surface area contributed by atoms with Crippen LogP contribution in [0.2, 0.25) is 0 Å². The number of amides is 2. The molecule has 0 spiro atoms. The van der Waals surface area contributed by atoms with Gasteiger partial charge in [0.25, 0.3) is 0 Å². The van der Waals surface area contributed by atoms with Crippen molar-refractivity contribution in [3.8, 4) is 0 Å². The molecule has 2 heterocycles. The maximum Gasteiger partial charge on any atom is 0.317 e. The van der Waals surface area contributed by atoms with Gasteiger partial charge in [0.05, 0.1) is 5.41 Å². The van der Waals surface area contributed by atoms with E-state index in [1.807, 2.05) is 26.0 Å². The highest BCUT2D eigenvalue weighted by Crippen LogP contribution is 2.29. The maximum absolute atomic E-state index is 12.1. The van der Waals surface area contributed by atoms with E-state index in [1.165, 1.54) is 0 Å². The molecule has 1 saturated heterocycles. The van der Waals surface area contributed by atoms with Crippen LogP contribution in [-0.4, -0.2) is 40.1 Å². The van der Waals surface area contributed by atoms with Gasteiger partial charge in [-0.05, 0) is 44.9 Å². The lowest BCUT2D eigenvalue weighted by Crippen LogP contribution is -2.40. The first kappa shape index (κ1) is 15.3. The molecule has 2 N–H and O–H groups in total. The number of carboxylic acids is 1. The molecule has 0 aromatic carbocycles. The molecule has 2 amide bonds. The third-order valence-electron chi connectivity index (χ3n) is 3.86. The molecule has 0 aliphatic carbocycles. The molecular formula is C15H21N3O3. The zero-order valence-corrected chi connectivity index (χ0v) is 12.6. The van der Waals surface area contributed by atoms with E-state index in [2.05, 4.69) is 10.3 Å². The number of carboxylic acid groups (broad SMARTS) is 1. The summed E-state index contributed by atoms with van der Waals surface area (Å²) in [4.78, 5) is 29.1. The van der Waals surface area contributed by atoms with Crippen molar-refractivity contribution in [3.05, 3.63) is 29.1 Å². The molecular weight excluding hydrogens is 270 g/mol. The largest absolute Gasteiger partial charge is 0.481 e. The zero-order chi connectivity index (χ0) is 15.6. The fourth-order valence-electron chi connectivity index (χ4n) is 2.62. The zero-order valence-electron chi connectivity index (χ0n) is 12.6. The standard InChI is InChI=1S/C15H21N3O3/c1-10-6-12(7-11(2)17-10)8-16-14(21)18-5-4-15(3,9-18)13(19)20/h6-7H,4-5,8-9H2,1-3H3,(H,16,21)(H,19,20). The average molecular weight is 291 g/mol. The summed E-state index contributed by atoms with van der Waals surface area (Å²) in [5.41, 5.74) is 1.99. The van der Waals surface area contributed by atoms with E-state index in [9.17, 15) is 14.7 Å². The molecule has 1 aliphatic rings. The average Bonchev–Trinajstić information content (AvgIpc) is 2.79. The number of hydrogen-bond donors (Lipinski definition) is 2. The van der Waals surface area contributed by atoms with Gasteiger partial charge in [0.1, 0.15) is 0 Å². The first-order valence-electron chi connectivity index (χ1n) is 7.00. The number of carbonyl (C=O) groups is 2. The van der Waals surface area contributed by atoms with Crippen molar-refractivity contribution in [1.82, 2.24) is 15.2 Å². The van der Waals surface area contributed by atoms with Crippen LogP contribution >= 0.6 is 0 Å². The molecule has 1 fully saturated rings. The summed E-state index contributed by atoms with van der Waals surface area (Å²) >= 11 is 0. The van der Waals surface area contributed by atoms with Gasteiger partial charge in [0, 0.05) is 31.0 Å². The third-order valence-corrected chi connectivity index (χ3v) is 3.86. The van der Waals surface area contributed by atoms with Crippen molar-refractivity contribution in [2.45, 2.75) is 33.7 Å². The molecule has 2 rings (SSSR count). The van der Waals surface area contributed by atoms with E-state index >= 15 is 0 Å². The Morgan fingerprint density at radius 2 is 2.00 bits per heavy atom. The van der Waals surface area contributed by atoms with Gasteiger partial charge >= 0.3 is 12.0 Å². The lowest BCUT2D eigenvalue weighted by Gasteiger charge is -2.20. The topological polar surface area (TPSA) is 82.5 Å². The highest BCUT2D eigenvalue weighted by Gasteiger charge is 2.42. The molecule has 21 heavy (non-hydrogen) atoms. The van der Waals surface area contributed by atoms with Crippen molar-refractivity contribution >= 4 is 12.0 Å². The van der Waals surface area contributed by atoms with E-state index in [0.29, 0.717) is 19.5 Å². The van der Waals surface area contributed by atoms with Crippen molar-refractivity contribution in [3.63, 3.8) is 0 Å².